The Kier molecular flexibility index (Phi) is 4.39. The van der Waals surface area contributed by atoms with E-state index in [-0.39, 0.29) is 6.04 Å². The zero-order valence-corrected chi connectivity index (χ0v) is 12.4. The number of furan rings is 1. The number of nitrogens with one attached hydrogen (secondary N) is 1. The van der Waals surface area contributed by atoms with Gasteiger partial charge in [-0.15, -0.1) is 0 Å². The van der Waals surface area contributed by atoms with Gasteiger partial charge in [-0.3, -0.25) is 0 Å². The summed E-state index contributed by atoms with van der Waals surface area (Å²) in [6.45, 7) is 0. The standard InChI is InChI=1S/C12H14BrN3O3/c1-14-10(7-4-5-8(13)19-7)11-12(18-3)16-9(17-2)6-15-11/h4-6,10,14H,1-3H3. The lowest BCUT2D eigenvalue weighted by atomic mass is 10.1. The Morgan fingerprint density at radius 1 is 1.32 bits per heavy atom. The van der Waals surface area contributed by atoms with Gasteiger partial charge in [0.05, 0.1) is 20.4 Å². The Hall–Kier alpha value is -1.60. The second-order valence-corrected chi connectivity index (χ2v) is 4.45. The van der Waals surface area contributed by atoms with Crippen LogP contribution in [-0.4, -0.2) is 31.2 Å². The third-order valence-electron chi connectivity index (χ3n) is 2.59. The average Bonchev–Trinajstić information content (AvgIpc) is 2.86. The first-order valence-corrected chi connectivity index (χ1v) is 6.36. The molecule has 1 unspecified atom stereocenters. The molecule has 1 N–H and O–H groups in total. The highest BCUT2D eigenvalue weighted by molar-refractivity contribution is 9.10. The number of hydrogen-bond acceptors (Lipinski definition) is 6. The van der Waals surface area contributed by atoms with Crippen molar-refractivity contribution in [3.8, 4) is 11.8 Å². The number of hydrogen-bond donors (Lipinski definition) is 1. The van der Waals surface area contributed by atoms with Crippen LogP contribution in [0, 0.1) is 0 Å². The van der Waals surface area contributed by atoms with E-state index in [1.807, 2.05) is 19.2 Å². The Morgan fingerprint density at radius 3 is 2.63 bits per heavy atom. The lowest BCUT2D eigenvalue weighted by Crippen LogP contribution is -2.19. The van der Waals surface area contributed by atoms with Crippen molar-refractivity contribution in [3.63, 3.8) is 0 Å². The van der Waals surface area contributed by atoms with Crippen LogP contribution in [0.3, 0.4) is 0 Å². The molecule has 0 bridgehead atoms. The summed E-state index contributed by atoms with van der Waals surface area (Å²) in [4.78, 5) is 8.54. The predicted molar refractivity (Wildman–Crippen MR) is 72.4 cm³/mol. The summed E-state index contributed by atoms with van der Waals surface area (Å²) >= 11 is 3.28. The van der Waals surface area contributed by atoms with Crippen molar-refractivity contribution in [1.29, 1.82) is 0 Å². The van der Waals surface area contributed by atoms with Gasteiger partial charge in [0.25, 0.3) is 0 Å². The minimum Gasteiger partial charge on any atom is -0.480 e. The maximum absolute atomic E-state index is 5.55. The quantitative estimate of drug-likeness (QED) is 0.907. The van der Waals surface area contributed by atoms with Crippen LogP contribution in [0.1, 0.15) is 17.5 Å². The first kappa shape index (κ1) is 13.8. The summed E-state index contributed by atoms with van der Waals surface area (Å²) in [6, 6.07) is 3.43. The van der Waals surface area contributed by atoms with Crippen LogP contribution in [0.15, 0.2) is 27.4 Å². The highest BCUT2D eigenvalue weighted by Crippen LogP contribution is 2.30. The zero-order valence-electron chi connectivity index (χ0n) is 10.8. The van der Waals surface area contributed by atoms with Crippen LogP contribution in [0.2, 0.25) is 0 Å². The molecule has 19 heavy (non-hydrogen) atoms. The van der Waals surface area contributed by atoms with Gasteiger partial charge in [-0.05, 0) is 35.1 Å². The molecule has 0 amide bonds. The topological polar surface area (TPSA) is 69.4 Å². The highest BCUT2D eigenvalue weighted by Gasteiger charge is 2.23. The van der Waals surface area contributed by atoms with E-state index >= 15 is 0 Å². The molecule has 7 heteroatoms. The fourth-order valence-corrected chi connectivity index (χ4v) is 2.03. The fraction of sp³-hybridized carbons (Fsp3) is 0.333. The van der Waals surface area contributed by atoms with E-state index in [2.05, 4.69) is 31.2 Å². The summed E-state index contributed by atoms with van der Waals surface area (Å²) in [6.07, 6.45) is 1.54. The van der Waals surface area contributed by atoms with Crippen molar-refractivity contribution in [1.82, 2.24) is 15.3 Å². The molecule has 102 valence electrons. The first-order chi connectivity index (χ1) is 9.19. The Balaban J connectivity index is 2.43. The summed E-state index contributed by atoms with van der Waals surface area (Å²) in [5.41, 5.74) is 0.632. The summed E-state index contributed by atoms with van der Waals surface area (Å²) in [7, 11) is 4.88. The molecular weight excluding hydrogens is 314 g/mol. The Labute approximate surface area is 119 Å². The molecule has 2 rings (SSSR count). The van der Waals surface area contributed by atoms with Crippen LogP contribution in [0.4, 0.5) is 0 Å². The lowest BCUT2D eigenvalue weighted by molar-refractivity contribution is 0.348. The molecule has 0 aliphatic rings. The normalized spacial score (nSPS) is 12.2. The molecule has 2 heterocycles. The number of rotatable bonds is 5. The van der Waals surface area contributed by atoms with Crippen molar-refractivity contribution in [3.05, 3.63) is 34.5 Å². The van der Waals surface area contributed by atoms with Crippen molar-refractivity contribution in [2.75, 3.05) is 21.3 Å². The molecule has 0 aromatic carbocycles. The zero-order chi connectivity index (χ0) is 13.8. The first-order valence-electron chi connectivity index (χ1n) is 5.57. The van der Waals surface area contributed by atoms with E-state index in [4.69, 9.17) is 13.9 Å². The molecule has 2 aromatic heterocycles. The van der Waals surface area contributed by atoms with Crippen molar-refractivity contribution in [2.45, 2.75) is 6.04 Å². The third kappa shape index (κ3) is 2.87. The summed E-state index contributed by atoms with van der Waals surface area (Å²) in [5, 5.41) is 3.12. The molecule has 0 saturated carbocycles. The minimum atomic E-state index is -0.250. The number of aromatic nitrogens is 2. The summed E-state index contributed by atoms with van der Waals surface area (Å²) < 4.78 is 16.5. The minimum absolute atomic E-state index is 0.250. The van der Waals surface area contributed by atoms with E-state index in [0.717, 1.165) is 0 Å². The van der Waals surface area contributed by atoms with Gasteiger partial charge in [-0.2, -0.15) is 4.98 Å². The van der Waals surface area contributed by atoms with Crippen LogP contribution in [-0.2, 0) is 0 Å². The van der Waals surface area contributed by atoms with Gasteiger partial charge in [0.15, 0.2) is 4.67 Å². The molecule has 0 saturated heterocycles. The molecule has 2 aromatic rings. The molecule has 1 atom stereocenters. The maximum Gasteiger partial charge on any atom is 0.240 e. The van der Waals surface area contributed by atoms with Crippen LogP contribution in [0.5, 0.6) is 11.8 Å². The fourth-order valence-electron chi connectivity index (χ4n) is 1.71. The second-order valence-electron chi connectivity index (χ2n) is 3.67. The monoisotopic (exact) mass is 327 g/mol. The number of halogens is 1. The Bertz CT molecular complexity index is 559. The highest BCUT2D eigenvalue weighted by atomic mass is 79.9. The molecule has 0 fully saturated rings. The van der Waals surface area contributed by atoms with E-state index in [0.29, 0.717) is 27.9 Å². The molecule has 0 aliphatic carbocycles. The third-order valence-corrected chi connectivity index (χ3v) is 3.01. The predicted octanol–water partition coefficient (Wildman–Crippen LogP) is 2.16. The smallest absolute Gasteiger partial charge is 0.240 e. The van der Waals surface area contributed by atoms with Gasteiger partial charge >= 0.3 is 0 Å². The second kappa shape index (κ2) is 6.03. The van der Waals surface area contributed by atoms with Crippen LogP contribution >= 0.6 is 15.9 Å². The van der Waals surface area contributed by atoms with Gasteiger partial charge in [0.2, 0.25) is 11.8 Å². The SMILES string of the molecule is CNC(c1ccc(Br)o1)c1ncc(OC)nc1OC. The van der Waals surface area contributed by atoms with Crippen molar-refractivity contribution in [2.24, 2.45) is 0 Å². The molecule has 0 radical (unpaired) electrons. The van der Waals surface area contributed by atoms with E-state index in [1.165, 1.54) is 14.2 Å². The van der Waals surface area contributed by atoms with Gasteiger partial charge in [0, 0.05) is 0 Å². The van der Waals surface area contributed by atoms with Gasteiger partial charge in [-0.25, -0.2) is 4.98 Å². The van der Waals surface area contributed by atoms with Crippen molar-refractivity contribution >= 4 is 15.9 Å². The Morgan fingerprint density at radius 2 is 2.11 bits per heavy atom. The molecular formula is C12H14BrN3O3. The van der Waals surface area contributed by atoms with E-state index < -0.39 is 0 Å². The molecule has 0 spiro atoms. The van der Waals surface area contributed by atoms with Crippen molar-refractivity contribution < 1.29 is 13.9 Å². The van der Waals surface area contributed by atoms with Gasteiger partial charge < -0.3 is 19.2 Å². The molecule has 0 aliphatic heterocycles. The van der Waals surface area contributed by atoms with E-state index in [1.54, 1.807) is 6.20 Å². The van der Waals surface area contributed by atoms with E-state index in [9.17, 15) is 0 Å². The lowest BCUT2D eigenvalue weighted by Gasteiger charge is -2.15. The van der Waals surface area contributed by atoms with Gasteiger partial charge in [-0.1, -0.05) is 0 Å². The average molecular weight is 328 g/mol. The maximum atomic E-state index is 5.55. The number of ether oxygens (including phenoxy) is 2. The van der Waals surface area contributed by atoms with Crippen LogP contribution in [0.25, 0.3) is 0 Å². The summed E-state index contributed by atoms with van der Waals surface area (Å²) in [5.74, 6) is 1.51. The number of methoxy groups -OCH3 is 2. The van der Waals surface area contributed by atoms with Gasteiger partial charge in [0.1, 0.15) is 17.5 Å². The van der Waals surface area contributed by atoms with Crippen LogP contribution < -0.4 is 14.8 Å². The number of nitrogens with zero attached hydrogens (tertiary/aromatic N) is 2. The largest absolute Gasteiger partial charge is 0.480 e. The molecule has 6 nitrogen and oxygen atoms in total.